The Kier molecular flexibility index (Phi) is 4.94. The Bertz CT molecular complexity index is 853. The van der Waals surface area contributed by atoms with Gasteiger partial charge in [0.05, 0.1) is 12.0 Å². The summed E-state index contributed by atoms with van der Waals surface area (Å²) in [6, 6.07) is 4.57. The largest absolute Gasteiger partial charge is 0.443 e. The zero-order chi connectivity index (χ0) is 19.7. The summed E-state index contributed by atoms with van der Waals surface area (Å²) in [5.74, 6) is -0.0555. The van der Waals surface area contributed by atoms with Crippen LogP contribution < -0.4 is 4.90 Å². The van der Waals surface area contributed by atoms with Crippen molar-refractivity contribution >= 4 is 34.7 Å². The van der Waals surface area contributed by atoms with Crippen molar-refractivity contribution in [2.24, 2.45) is 0 Å². The minimum atomic E-state index is -0.934. The number of rotatable bonds is 1. The van der Waals surface area contributed by atoms with Crippen molar-refractivity contribution in [1.29, 1.82) is 0 Å². The highest BCUT2D eigenvalue weighted by Crippen LogP contribution is 2.31. The van der Waals surface area contributed by atoms with Crippen LogP contribution in [0, 0.1) is 6.57 Å². The number of hydrogen-bond acceptors (Lipinski definition) is 6. The molecule has 138 valence electrons. The molecule has 26 heavy (non-hydrogen) atoms. The molecule has 0 unspecified atom stereocenters. The average Bonchev–Trinajstić information content (AvgIpc) is 2.86. The SMILES string of the molecule is [C-]#[N+]c1ccc2c(N(C(=O)OC(C)(C)C)C(=O)OC(C)(C)C)noc2c1. The molecule has 8 heteroatoms. The van der Waals surface area contributed by atoms with Gasteiger partial charge in [0.25, 0.3) is 0 Å². The van der Waals surface area contributed by atoms with Crippen molar-refractivity contribution < 1.29 is 23.6 Å². The van der Waals surface area contributed by atoms with Gasteiger partial charge in [-0.05, 0) is 47.6 Å². The quantitative estimate of drug-likeness (QED) is 0.662. The molecule has 2 aromatic rings. The molecule has 2 rings (SSSR count). The van der Waals surface area contributed by atoms with E-state index < -0.39 is 23.4 Å². The van der Waals surface area contributed by atoms with Gasteiger partial charge in [0.1, 0.15) is 11.2 Å². The number of fused-ring (bicyclic) bond motifs is 1. The molecule has 0 spiro atoms. The second-order valence-electron chi connectivity index (χ2n) is 7.59. The summed E-state index contributed by atoms with van der Waals surface area (Å²) in [4.78, 5) is 29.2. The molecule has 8 nitrogen and oxygen atoms in total. The molecule has 0 radical (unpaired) electrons. The first-order valence-corrected chi connectivity index (χ1v) is 7.94. The molecular formula is C18H21N3O5. The standard InChI is InChI=1S/C18H21N3O5/c1-17(2,3)24-15(22)21(16(23)25-18(4,5)6)14-12-9-8-11(19-7)10-13(12)26-20-14/h8-10H,1-6H3. The van der Waals surface area contributed by atoms with E-state index in [9.17, 15) is 9.59 Å². The van der Waals surface area contributed by atoms with E-state index in [0.29, 0.717) is 16.0 Å². The molecule has 0 fully saturated rings. The molecule has 0 saturated carbocycles. The van der Waals surface area contributed by atoms with Crippen molar-refractivity contribution in [2.45, 2.75) is 52.7 Å². The summed E-state index contributed by atoms with van der Waals surface area (Å²) in [5.41, 5.74) is -1.03. The summed E-state index contributed by atoms with van der Waals surface area (Å²) in [7, 11) is 0. The molecule has 0 atom stereocenters. The van der Waals surface area contributed by atoms with Gasteiger partial charge in [0.2, 0.25) is 0 Å². The third-order valence-electron chi connectivity index (χ3n) is 2.93. The van der Waals surface area contributed by atoms with Gasteiger partial charge in [-0.3, -0.25) is 0 Å². The third-order valence-corrected chi connectivity index (χ3v) is 2.93. The van der Waals surface area contributed by atoms with Crippen LogP contribution in [0.15, 0.2) is 22.7 Å². The molecule has 0 aliphatic rings. The Morgan fingerprint density at radius 2 is 1.62 bits per heavy atom. The van der Waals surface area contributed by atoms with E-state index in [2.05, 4.69) is 10.0 Å². The van der Waals surface area contributed by atoms with Crippen molar-refractivity contribution in [3.05, 3.63) is 29.6 Å². The van der Waals surface area contributed by atoms with Crippen LogP contribution in [0.2, 0.25) is 0 Å². The number of aromatic nitrogens is 1. The monoisotopic (exact) mass is 359 g/mol. The first kappa shape index (κ1) is 19.2. The molecule has 1 aromatic heterocycles. The van der Waals surface area contributed by atoms with Gasteiger partial charge in [-0.15, -0.1) is 0 Å². The lowest BCUT2D eigenvalue weighted by molar-refractivity contribution is 0.0428. The van der Waals surface area contributed by atoms with E-state index in [0.717, 1.165) is 0 Å². The fourth-order valence-corrected chi connectivity index (χ4v) is 2.01. The molecule has 0 bridgehead atoms. The maximum absolute atomic E-state index is 12.6. The predicted octanol–water partition coefficient (Wildman–Crippen LogP) is 5.06. The Labute approximate surface area is 151 Å². The number of imide groups is 1. The normalized spacial score (nSPS) is 11.7. The highest BCUT2D eigenvalue weighted by molar-refractivity contribution is 6.13. The summed E-state index contributed by atoms with van der Waals surface area (Å²) >= 11 is 0. The zero-order valence-corrected chi connectivity index (χ0v) is 15.6. The third kappa shape index (κ3) is 4.51. The molecule has 1 heterocycles. The number of nitrogens with zero attached hydrogens (tertiary/aromatic N) is 3. The van der Waals surface area contributed by atoms with E-state index in [1.54, 1.807) is 53.7 Å². The second kappa shape index (κ2) is 6.67. The zero-order valence-electron chi connectivity index (χ0n) is 15.6. The molecule has 0 aliphatic carbocycles. The number of ether oxygens (including phenoxy) is 2. The smallest absolute Gasteiger partial charge is 0.425 e. The van der Waals surface area contributed by atoms with Gasteiger partial charge in [0.15, 0.2) is 17.1 Å². The van der Waals surface area contributed by atoms with Gasteiger partial charge in [-0.2, -0.15) is 4.90 Å². The summed E-state index contributed by atoms with van der Waals surface area (Å²) in [6.45, 7) is 17.1. The van der Waals surface area contributed by atoms with Crippen LogP contribution in [-0.4, -0.2) is 28.5 Å². The molecule has 0 aliphatic heterocycles. The highest BCUT2D eigenvalue weighted by Gasteiger charge is 2.35. The van der Waals surface area contributed by atoms with E-state index in [4.69, 9.17) is 20.6 Å². The lowest BCUT2D eigenvalue weighted by Gasteiger charge is -2.27. The van der Waals surface area contributed by atoms with Crippen LogP contribution in [0.1, 0.15) is 41.5 Å². The second-order valence-corrected chi connectivity index (χ2v) is 7.59. The van der Waals surface area contributed by atoms with Gasteiger partial charge in [0, 0.05) is 0 Å². The predicted molar refractivity (Wildman–Crippen MR) is 95.2 cm³/mol. The average molecular weight is 359 g/mol. The lowest BCUT2D eigenvalue weighted by atomic mass is 10.2. The van der Waals surface area contributed by atoms with Crippen LogP contribution in [0.5, 0.6) is 0 Å². The minimum absolute atomic E-state index is 0.0555. The van der Waals surface area contributed by atoms with E-state index in [1.807, 2.05) is 0 Å². The van der Waals surface area contributed by atoms with Crippen molar-refractivity contribution in [1.82, 2.24) is 5.16 Å². The van der Waals surface area contributed by atoms with Gasteiger partial charge >= 0.3 is 12.2 Å². The molecule has 1 aromatic carbocycles. The Hall–Kier alpha value is -3.08. The summed E-state index contributed by atoms with van der Waals surface area (Å²) in [6.07, 6.45) is -1.87. The first-order valence-electron chi connectivity index (χ1n) is 7.94. The van der Waals surface area contributed by atoms with Crippen molar-refractivity contribution in [3.8, 4) is 0 Å². The van der Waals surface area contributed by atoms with Crippen LogP contribution >= 0.6 is 0 Å². The molecular weight excluding hydrogens is 338 g/mol. The van der Waals surface area contributed by atoms with Gasteiger partial charge in [-0.1, -0.05) is 17.3 Å². The maximum Gasteiger partial charge on any atom is 0.425 e. The van der Waals surface area contributed by atoms with Crippen LogP contribution in [0.3, 0.4) is 0 Å². The van der Waals surface area contributed by atoms with E-state index in [-0.39, 0.29) is 11.4 Å². The Morgan fingerprint density at radius 3 is 2.08 bits per heavy atom. The van der Waals surface area contributed by atoms with Gasteiger partial charge in [-0.25, -0.2) is 14.4 Å². The van der Waals surface area contributed by atoms with E-state index in [1.165, 1.54) is 6.07 Å². The maximum atomic E-state index is 12.6. The molecule has 0 saturated heterocycles. The molecule has 0 N–H and O–H groups in total. The fourth-order valence-electron chi connectivity index (χ4n) is 2.01. The first-order chi connectivity index (χ1) is 11.9. The molecule has 2 amide bonds. The topological polar surface area (TPSA) is 86.2 Å². The Balaban J connectivity index is 2.52. The fraction of sp³-hybridized carbons (Fsp3) is 0.444. The number of amides is 2. The lowest BCUT2D eigenvalue weighted by Crippen LogP contribution is -2.44. The van der Waals surface area contributed by atoms with Crippen molar-refractivity contribution in [3.63, 3.8) is 0 Å². The Morgan fingerprint density at radius 1 is 1.08 bits per heavy atom. The minimum Gasteiger partial charge on any atom is -0.443 e. The van der Waals surface area contributed by atoms with Crippen molar-refractivity contribution in [2.75, 3.05) is 4.90 Å². The number of benzene rings is 1. The van der Waals surface area contributed by atoms with Gasteiger partial charge < -0.3 is 14.0 Å². The van der Waals surface area contributed by atoms with Crippen LogP contribution in [-0.2, 0) is 9.47 Å². The van der Waals surface area contributed by atoms with Crippen LogP contribution in [0.4, 0.5) is 21.1 Å². The van der Waals surface area contributed by atoms with Crippen LogP contribution in [0.25, 0.3) is 15.8 Å². The number of carbonyl (C=O) groups is 2. The highest BCUT2D eigenvalue weighted by atomic mass is 16.6. The number of carbonyl (C=O) groups excluding carboxylic acids is 2. The number of hydrogen-bond donors (Lipinski definition) is 0. The number of anilines is 1. The summed E-state index contributed by atoms with van der Waals surface area (Å²) < 4.78 is 15.8. The van der Waals surface area contributed by atoms with E-state index >= 15 is 0 Å². The summed E-state index contributed by atoms with van der Waals surface area (Å²) in [5, 5.41) is 4.20.